The monoisotopic (exact) mass is 236 g/mol. The van der Waals surface area contributed by atoms with Crippen molar-refractivity contribution in [2.24, 2.45) is 0 Å². The van der Waals surface area contributed by atoms with E-state index in [-0.39, 0.29) is 11.8 Å². The lowest BCUT2D eigenvalue weighted by atomic mass is 10.3. The van der Waals surface area contributed by atoms with Gasteiger partial charge >= 0.3 is 0 Å². The maximum atomic E-state index is 12.1. The quantitative estimate of drug-likeness (QED) is 0.826. The Morgan fingerprint density at radius 2 is 2.29 bits per heavy atom. The zero-order valence-electron chi connectivity index (χ0n) is 9.86. The largest absolute Gasteiger partial charge is 0.456 e. The van der Waals surface area contributed by atoms with Crippen LogP contribution in [-0.4, -0.2) is 36.3 Å². The molecular formula is C12H16N2O3. The van der Waals surface area contributed by atoms with Gasteiger partial charge in [-0.15, -0.1) is 0 Å². The molecule has 2 rings (SSSR count). The smallest absolute Gasteiger partial charge is 0.289 e. The Labute approximate surface area is 99.8 Å². The number of aryl methyl sites for hydroxylation is 1. The number of nitrogens with zero attached hydrogens (tertiary/aromatic N) is 1. The van der Waals surface area contributed by atoms with Crippen molar-refractivity contribution in [1.82, 2.24) is 10.2 Å². The van der Waals surface area contributed by atoms with Crippen LogP contribution in [0.25, 0.3) is 0 Å². The van der Waals surface area contributed by atoms with E-state index < -0.39 is 0 Å². The topological polar surface area (TPSA) is 62.6 Å². The molecule has 92 valence electrons. The fourth-order valence-corrected chi connectivity index (χ4v) is 1.81. The molecular weight excluding hydrogens is 220 g/mol. The Balaban J connectivity index is 2.06. The molecule has 0 unspecified atom stereocenters. The second kappa shape index (κ2) is 5.03. The lowest BCUT2D eigenvalue weighted by Gasteiger charge is -2.17. The third-order valence-corrected chi connectivity index (χ3v) is 2.82. The van der Waals surface area contributed by atoms with Crippen LogP contribution in [0.4, 0.5) is 0 Å². The van der Waals surface area contributed by atoms with Gasteiger partial charge in [-0.1, -0.05) is 6.92 Å². The molecule has 0 saturated carbocycles. The first kappa shape index (κ1) is 11.7. The molecule has 1 aromatic rings. The summed E-state index contributed by atoms with van der Waals surface area (Å²) >= 11 is 0. The number of hydrogen-bond donors (Lipinski definition) is 1. The van der Waals surface area contributed by atoms with Gasteiger partial charge in [0.25, 0.3) is 5.91 Å². The molecule has 0 aliphatic carbocycles. The molecule has 5 heteroatoms. The average Bonchev–Trinajstić information content (AvgIpc) is 2.71. The molecule has 17 heavy (non-hydrogen) atoms. The van der Waals surface area contributed by atoms with Crippen LogP contribution in [0, 0.1) is 0 Å². The number of hydrogen-bond acceptors (Lipinski definition) is 3. The Morgan fingerprint density at radius 1 is 1.47 bits per heavy atom. The number of furan rings is 1. The predicted molar refractivity (Wildman–Crippen MR) is 61.6 cm³/mol. The fraction of sp³-hybridized carbons (Fsp3) is 0.500. The molecule has 2 amide bonds. The summed E-state index contributed by atoms with van der Waals surface area (Å²) in [5.41, 5.74) is 0. The summed E-state index contributed by atoms with van der Waals surface area (Å²) in [5, 5.41) is 2.73. The first-order valence-electron chi connectivity index (χ1n) is 5.85. The second-order valence-corrected chi connectivity index (χ2v) is 4.01. The van der Waals surface area contributed by atoms with Crippen molar-refractivity contribution >= 4 is 11.8 Å². The third-order valence-electron chi connectivity index (χ3n) is 2.82. The van der Waals surface area contributed by atoms with Crippen LogP contribution in [-0.2, 0) is 11.2 Å². The molecule has 0 radical (unpaired) electrons. The normalized spacial score (nSPS) is 16.5. The van der Waals surface area contributed by atoms with Crippen molar-refractivity contribution < 1.29 is 14.0 Å². The van der Waals surface area contributed by atoms with Gasteiger partial charge in [0.2, 0.25) is 5.91 Å². The van der Waals surface area contributed by atoms with Crippen LogP contribution in [0.3, 0.4) is 0 Å². The van der Waals surface area contributed by atoms with Gasteiger partial charge < -0.3 is 14.6 Å². The van der Waals surface area contributed by atoms with Gasteiger partial charge in [-0.3, -0.25) is 9.59 Å². The van der Waals surface area contributed by atoms with E-state index in [1.807, 2.05) is 13.0 Å². The average molecular weight is 236 g/mol. The zero-order valence-corrected chi connectivity index (χ0v) is 9.86. The standard InChI is InChI=1S/C12H16N2O3/c1-2-9-3-4-10(17-9)12(16)14-7-5-11(15)13-6-8-14/h3-4H,2,5-8H2,1H3,(H,13,15). The molecule has 1 aliphatic rings. The van der Waals surface area contributed by atoms with Crippen molar-refractivity contribution in [2.75, 3.05) is 19.6 Å². The van der Waals surface area contributed by atoms with Crippen LogP contribution in [0.5, 0.6) is 0 Å². The Hall–Kier alpha value is -1.78. The highest BCUT2D eigenvalue weighted by molar-refractivity contribution is 5.92. The van der Waals surface area contributed by atoms with Gasteiger partial charge in [-0.25, -0.2) is 0 Å². The van der Waals surface area contributed by atoms with Crippen LogP contribution >= 0.6 is 0 Å². The first-order chi connectivity index (χ1) is 8.20. The highest BCUT2D eigenvalue weighted by Gasteiger charge is 2.21. The van der Waals surface area contributed by atoms with Crippen molar-refractivity contribution in [3.8, 4) is 0 Å². The predicted octanol–water partition coefficient (Wildman–Crippen LogP) is 0.804. The second-order valence-electron chi connectivity index (χ2n) is 4.01. The highest BCUT2D eigenvalue weighted by Crippen LogP contribution is 2.12. The van der Waals surface area contributed by atoms with E-state index in [9.17, 15) is 9.59 Å². The van der Waals surface area contributed by atoms with E-state index in [2.05, 4.69) is 5.32 Å². The number of carbonyl (C=O) groups is 2. The van der Waals surface area contributed by atoms with Gasteiger partial charge in [0.1, 0.15) is 5.76 Å². The first-order valence-corrected chi connectivity index (χ1v) is 5.85. The minimum absolute atomic E-state index is 0.00556. The van der Waals surface area contributed by atoms with Crippen molar-refractivity contribution in [2.45, 2.75) is 19.8 Å². The minimum atomic E-state index is -0.138. The molecule has 2 heterocycles. The maximum absolute atomic E-state index is 12.1. The van der Waals surface area contributed by atoms with Crippen LogP contribution in [0.1, 0.15) is 29.7 Å². The lowest BCUT2D eigenvalue weighted by Crippen LogP contribution is -2.34. The van der Waals surface area contributed by atoms with Crippen molar-refractivity contribution in [3.05, 3.63) is 23.7 Å². The molecule has 0 bridgehead atoms. The Kier molecular flexibility index (Phi) is 3.46. The molecule has 1 aliphatic heterocycles. The summed E-state index contributed by atoms with van der Waals surface area (Å²) in [6.45, 7) is 3.47. The maximum Gasteiger partial charge on any atom is 0.289 e. The summed E-state index contributed by atoms with van der Waals surface area (Å²) < 4.78 is 5.42. The summed E-state index contributed by atoms with van der Waals surface area (Å²) in [6.07, 6.45) is 1.13. The van der Waals surface area contributed by atoms with E-state index >= 15 is 0 Å². The number of carbonyl (C=O) groups excluding carboxylic acids is 2. The SMILES string of the molecule is CCc1ccc(C(=O)N2CCNC(=O)CC2)o1. The Bertz CT molecular complexity index is 425. The summed E-state index contributed by atoms with van der Waals surface area (Å²) in [7, 11) is 0. The summed E-state index contributed by atoms with van der Waals surface area (Å²) in [6, 6.07) is 3.51. The van der Waals surface area contributed by atoms with Crippen LogP contribution in [0.15, 0.2) is 16.5 Å². The molecule has 1 N–H and O–H groups in total. The Morgan fingerprint density at radius 3 is 3.00 bits per heavy atom. The third kappa shape index (κ3) is 2.67. The molecule has 5 nitrogen and oxygen atoms in total. The number of nitrogens with one attached hydrogen (secondary N) is 1. The molecule has 1 aromatic heterocycles. The van der Waals surface area contributed by atoms with Crippen molar-refractivity contribution in [3.63, 3.8) is 0 Å². The number of rotatable bonds is 2. The molecule has 0 atom stereocenters. The van der Waals surface area contributed by atoms with E-state index in [4.69, 9.17) is 4.42 Å². The van der Waals surface area contributed by atoms with Crippen molar-refractivity contribution in [1.29, 1.82) is 0 Å². The van der Waals surface area contributed by atoms with Gasteiger partial charge in [-0.2, -0.15) is 0 Å². The van der Waals surface area contributed by atoms with E-state index in [0.29, 0.717) is 31.8 Å². The van der Waals surface area contributed by atoms with Gasteiger partial charge in [0.15, 0.2) is 5.76 Å². The molecule has 0 aromatic carbocycles. The van der Waals surface area contributed by atoms with Gasteiger partial charge in [-0.05, 0) is 12.1 Å². The van der Waals surface area contributed by atoms with Gasteiger partial charge in [0, 0.05) is 32.5 Å². The zero-order chi connectivity index (χ0) is 12.3. The summed E-state index contributed by atoms with van der Waals surface area (Å²) in [5.74, 6) is 1.02. The number of amides is 2. The molecule has 0 spiro atoms. The molecule has 1 saturated heterocycles. The van der Waals surface area contributed by atoms with E-state index in [1.54, 1.807) is 11.0 Å². The van der Waals surface area contributed by atoms with Crippen LogP contribution < -0.4 is 5.32 Å². The molecule has 1 fully saturated rings. The summed E-state index contributed by atoms with van der Waals surface area (Å²) in [4.78, 5) is 24.9. The van der Waals surface area contributed by atoms with E-state index in [1.165, 1.54) is 0 Å². The van der Waals surface area contributed by atoms with Crippen LogP contribution in [0.2, 0.25) is 0 Å². The minimum Gasteiger partial charge on any atom is -0.456 e. The lowest BCUT2D eigenvalue weighted by molar-refractivity contribution is -0.120. The van der Waals surface area contributed by atoms with E-state index in [0.717, 1.165) is 12.2 Å². The van der Waals surface area contributed by atoms with Gasteiger partial charge in [0.05, 0.1) is 0 Å². The highest BCUT2D eigenvalue weighted by atomic mass is 16.4. The fourth-order valence-electron chi connectivity index (χ4n) is 1.81.